The number of hydrogen-bond donors (Lipinski definition) is 0. The highest BCUT2D eigenvalue weighted by atomic mass is 31.2. The third-order valence-corrected chi connectivity index (χ3v) is 10.7. The fraction of sp³-hybridized carbons (Fsp3) is 0.786. The van der Waals surface area contributed by atoms with Crippen molar-refractivity contribution in [3.8, 4) is 0 Å². The Morgan fingerprint density at radius 3 is 1.74 bits per heavy atom. The van der Waals surface area contributed by atoms with Gasteiger partial charge in [-0.25, -0.2) is 0 Å². The summed E-state index contributed by atoms with van der Waals surface area (Å²) in [7, 11) is -3.89. The topological polar surface area (TPSA) is 78.7 Å². The molecule has 198 valence electrons. The number of rotatable bonds is 10. The van der Waals surface area contributed by atoms with E-state index in [0.717, 1.165) is 38.5 Å². The van der Waals surface area contributed by atoms with Gasteiger partial charge in [-0.2, -0.15) is 0 Å². The fourth-order valence-corrected chi connectivity index (χ4v) is 8.68. The van der Waals surface area contributed by atoms with Gasteiger partial charge in [-0.15, -0.1) is 0 Å². The summed E-state index contributed by atoms with van der Waals surface area (Å²) in [4.78, 5) is 11.5. The predicted molar refractivity (Wildman–Crippen MR) is 141 cm³/mol. The average Bonchev–Trinajstić information content (AvgIpc) is 2.77. The van der Waals surface area contributed by atoms with E-state index < -0.39 is 19.8 Å². The Balaban J connectivity index is 2.03. The minimum Gasteiger partial charge on any atom is -0.304 e. The van der Waals surface area contributed by atoms with Gasteiger partial charge >= 0.3 is 7.60 Å². The molecule has 7 heteroatoms. The molecular weight excluding hydrogens is 461 g/mol. The van der Waals surface area contributed by atoms with Crippen molar-refractivity contribution < 1.29 is 18.5 Å². The molecule has 2 aliphatic rings. The standard InChI is InChI=1S/C28H46NO5P/c1-19(2)24-14-12-21(5)16-26(24)33-35(32,28(18-29(30)31)23-10-8-7-9-11-23)34-27-17-22(6)13-15-25(27)20(3)4/h7-11,19-22,24-28H,12-18H2,1-6H3/t21-,22-,24-,25+,26+,27+,28+,35?/m0/s1. The summed E-state index contributed by atoms with van der Waals surface area (Å²) in [5.74, 6) is 2.22. The zero-order chi connectivity index (χ0) is 25.8. The second kappa shape index (κ2) is 12.3. The van der Waals surface area contributed by atoms with Crippen molar-refractivity contribution in [2.24, 2.45) is 35.5 Å². The molecule has 0 amide bonds. The first-order valence-corrected chi connectivity index (χ1v) is 15.2. The van der Waals surface area contributed by atoms with Gasteiger partial charge in [0.1, 0.15) is 0 Å². The molecule has 2 fully saturated rings. The van der Waals surface area contributed by atoms with Crippen LogP contribution in [-0.4, -0.2) is 23.7 Å². The molecule has 0 spiro atoms. The smallest absolute Gasteiger partial charge is 0.304 e. The lowest BCUT2D eigenvalue weighted by Gasteiger charge is -2.43. The lowest BCUT2D eigenvalue weighted by Crippen LogP contribution is -2.37. The molecular formula is C28H46NO5P. The fourth-order valence-electron chi connectivity index (χ4n) is 6.23. The molecule has 1 unspecified atom stereocenters. The number of benzene rings is 1. The molecule has 2 saturated carbocycles. The van der Waals surface area contributed by atoms with Gasteiger partial charge in [0.15, 0.2) is 5.66 Å². The summed E-state index contributed by atoms with van der Waals surface area (Å²) < 4.78 is 28.3. The highest BCUT2D eigenvalue weighted by Gasteiger charge is 2.48. The van der Waals surface area contributed by atoms with Gasteiger partial charge in [-0.3, -0.25) is 14.7 Å². The second-order valence-corrected chi connectivity index (χ2v) is 14.0. The van der Waals surface area contributed by atoms with Crippen LogP contribution in [0.2, 0.25) is 0 Å². The van der Waals surface area contributed by atoms with Crippen molar-refractivity contribution in [1.29, 1.82) is 0 Å². The molecule has 0 bridgehead atoms. The van der Waals surface area contributed by atoms with Gasteiger partial charge in [0.2, 0.25) is 6.54 Å². The summed E-state index contributed by atoms with van der Waals surface area (Å²) in [5.41, 5.74) is -0.267. The number of nitro groups is 1. The monoisotopic (exact) mass is 507 g/mol. The maximum Gasteiger partial charge on any atom is 0.345 e. The first-order valence-electron chi connectivity index (χ1n) is 13.6. The molecule has 0 N–H and O–H groups in total. The Kier molecular flexibility index (Phi) is 9.99. The Morgan fingerprint density at radius 1 is 0.886 bits per heavy atom. The van der Waals surface area contributed by atoms with Crippen LogP contribution in [0.4, 0.5) is 0 Å². The molecule has 1 aromatic rings. The Bertz CT molecular complexity index is 822. The van der Waals surface area contributed by atoms with Gasteiger partial charge in [0, 0.05) is 4.92 Å². The number of hydrogen-bond acceptors (Lipinski definition) is 5. The van der Waals surface area contributed by atoms with Crippen LogP contribution in [-0.2, 0) is 13.6 Å². The van der Waals surface area contributed by atoms with E-state index >= 15 is 0 Å². The zero-order valence-corrected chi connectivity index (χ0v) is 23.4. The third kappa shape index (κ3) is 7.40. The van der Waals surface area contributed by atoms with Crippen molar-refractivity contribution in [2.45, 2.75) is 97.9 Å². The first-order chi connectivity index (χ1) is 16.5. The summed E-state index contributed by atoms with van der Waals surface area (Å²) in [6, 6.07) is 9.19. The first kappa shape index (κ1) is 28.3. The van der Waals surface area contributed by atoms with Crippen LogP contribution in [0.15, 0.2) is 30.3 Å². The lowest BCUT2D eigenvalue weighted by atomic mass is 9.75. The summed E-state index contributed by atoms with van der Waals surface area (Å²) in [5, 5.41) is 11.8. The highest BCUT2D eigenvalue weighted by molar-refractivity contribution is 7.54. The largest absolute Gasteiger partial charge is 0.345 e. The van der Waals surface area contributed by atoms with Crippen LogP contribution >= 0.6 is 7.60 Å². The predicted octanol–water partition coefficient (Wildman–Crippen LogP) is 8.15. The molecule has 0 radical (unpaired) electrons. The van der Waals surface area contributed by atoms with E-state index in [1.807, 2.05) is 30.3 Å². The van der Waals surface area contributed by atoms with Crippen molar-refractivity contribution in [1.82, 2.24) is 0 Å². The lowest BCUT2D eigenvalue weighted by molar-refractivity contribution is -0.480. The Morgan fingerprint density at radius 2 is 1.34 bits per heavy atom. The Labute approximate surface area is 212 Å². The molecule has 1 aromatic carbocycles. The van der Waals surface area contributed by atoms with Gasteiger partial charge in [-0.1, -0.05) is 84.7 Å². The molecule has 8 atom stereocenters. The van der Waals surface area contributed by atoms with E-state index in [9.17, 15) is 14.7 Å². The molecule has 0 saturated heterocycles. The highest BCUT2D eigenvalue weighted by Crippen LogP contribution is 2.65. The second-order valence-electron chi connectivity index (χ2n) is 11.9. The van der Waals surface area contributed by atoms with Crippen molar-refractivity contribution >= 4 is 7.60 Å². The van der Waals surface area contributed by atoms with E-state index in [4.69, 9.17) is 9.05 Å². The van der Waals surface area contributed by atoms with Crippen molar-refractivity contribution in [3.05, 3.63) is 46.0 Å². The Hall–Kier alpha value is -1.23. The molecule has 0 aliphatic heterocycles. The minimum absolute atomic E-state index is 0.221. The molecule has 6 nitrogen and oxygen atoms in total. The normalized spacial score (nSPS) is 32.3. The van der Waals surface area contributed by atoms with Gasteiger partial charge in [-0.05, 0) is 66.8 Å². The van der Waals surface area contributed by atoms with Crippen LogP contribution in [0.1, 0.15) is 91.3 Å². The van der Waals surface area contributed by atoms with Crippen LogP contribution in [0.5, 0.6) is 0 Å². The number of nitrogens with zero attached hydrogens (tertiary/aromatic N) is 1. The van der Waals surface area contributed by atoms with Crippen LogP contribution in [0, 0.1) is 45.6 Å². The zero-order valence-electron chi connectivity index (χ0n) is 22.5. The molecule has 0 aromatic heterocycles. The van der Waals surface area contributed by atoms with Gasteiger partial charge in [0.05, 0.1) is 12.2 Å². The molecule has 35 heavy (non-hydrogen) atoms. The van der Waals surface area contributed by atoms with E-state index in [1.54, 1.807) is 0 Å². The van der Waals surface area contributed by atoms with Gasteiger partial charge < -0.3 is 9.05 Å². The maximum absolute atomic E-state index is 15.0. The van der Waals surface area contributed by atoms with Crippen LogP contribution in [0.25, 0.3) is 0 Å². The molecule has 0 heterocycles. The van der Waals surface area contributed by atoms with Crippen molar-refractivity contribution in [2.75, 3.05) is 6.54 Å². The maximum atomic E-state index is 15.0. The van der Waals surface area contributed by atoms with E-state index in [2.05, 4.69) is 41.5 Å². The third-order valence-electron chi connectivity index (χ3n) is 8.38. The van der Waals surface area contributed by atoms with Crippen LogP contribution < -0.4 is 0 Å². The molecule has 3 rings (SSSR count). The van der Waals surface area contributed by atoms with Gasteiger partial charge in [0.25, 0.3) is 0 Å². The van der Waals surface area contributed by atoms with E-state index in [0.29, 0.717) is 29.2 Å². The van der Waals surface area contributed by atoms with E-state index in [1.165, 1.54) is 0 Å². The summed E-state index contributed by atoms with van der Waals surface area (Å²) in [6.07, 6.45) is 5.46. The average molecular weight is 508 g/mol. The van der Waals surface area contributed by atoms with E-state index in [-0.39, 0.29) is 29.0 Å². The quantitative estimate of drug-likeness (QED) is 0.181. The van der Waals surface area contributed by atoms with Crippen LogP contribution in [0.3, 0.4) is 0 Å². The van der Waals surface area contributed by atoms with Crippen molar-refractivity contribution in [3.63, 3.8) is 0 Å². The molecule has 2 aliphatic carbocycles. The summed E-state index contributed by atoms with van der Waals surface area (Å²) >= 11 is 0. The minimum atomic E-state index is -3.89. The SMILES string of the molecule is CC(C)[C@H]1CC[C@H](C)C[C@H]1OP(=O)(O[C@@H]1C[C@@H](C)CC[C@H]1C(C)C)[C@H](C[N+](=O)[O-])c1ccccc1. The summed E-state index contributed by atoms with van der Waals surface area (Å²) in [6.45, 7) is 12.7.